The minimum Gasteiger partial charge on any atom is -0.344 e. The molecule has 2 N–H and O–H groups in total. The number of anilines is 1. The maximum atomic E-state index is 11.7. The molecule has 1 aromatic rings. The summed E-state index contributed by atoms with van der Waals surface area (Å²) in [5.41, 5.74) is 0.894. The number of nitrogens with zero attached hydrogens (tertiary/aromatic N) is 4. The number of aromatic amines is 1. The van der Waals surface area contributed by atoms with E-state index in [1.54, 1.807) is 0 Å². The lowest BCUT2D eigenvalue weighted by atomic mass is 10.1. The Morgan fingerprint density at radius 1 is 1.69 bits per heavy atom. The van der Waals surface area contributed by atoms with Crippen LogP contribution in [-0.2, 0) is 4.79 Å². The summed E-state index contributed by atoms with van der Waals surface area (Å²) < 4.78 is 0. The van der Waals surface area contributed by atoms with E-state index in [0.29, 0.717) is 6.42 Å². The Labute approximate surface area is 93.0 Å². The first-order valence-corrected chi connectivity index (χ1v) is 4.73. The molecule has 1 heterocycles. The molecule has 0 bridgehead atoms. The molecule has 86 valence electrons. The van der Waals surface area contributed by atoms with E-state index in [2.05, 4.69) is 44.2 Å². The van der Waals surface area contributed by atoms with E-state index in [1.807, 2.05) is 6.92 Å². The number of tetrazole rings is 1. The van der Waals surface area contributed by atoms with Gasteiger partial charge in [-0.15, -0.1) is 11.7 Å². The Hall–Kier alpha value is -2.05. The zero-order valence-corrected chi connectivity index (χ0v) is 9.10. The molecule has 16 heavy (non-hydrogen) atoms. The highest BCUT2D eigenvalue weighted by Crippen LogP contribution is 2.06. The zero-order chi connectivity index (χ0) is 12.0. The Morgan fingerprint density at radius 3 is 2.94 bits per heavy atom. The molecule has 1 rings (SSSR count). The number of nitrogens with one attached hydrogen (secondary N) is 2. The van der Waals surface area contributed by atoms with Crippen LogP contribution in [0.15, 0.2) is 17.1 Å². The molecule has 1 atom stereocenters. The van der Waals surface area contributed by atoms with Gasteiger partial charge in [-0.2, -0.15) is 5.21 Å². The average molecular weight is 222 g/mol. The summed E-state index contributed by atoms with van der Waals surface area (Å²) in [6, 6.07) is -0.461. The smallest absolute Gasteiger partial charge is 0.263 e. The van der Waals surface area contributed by atoms with Crippen LogP contribution in [0.2, 0.25) is 0 Å². The van der Waals surface area contributed by atoms with Crippen LogP contribution in [0.25, 0.3) is 0 Å². The Morgan fingerprint density at radius 2 is 2.44 bits per heavy atom. The van der Waals surface area contributed by atoms with E-state index in [9.17, 15) is 4.79 Å². The van der Waals surface area contributed by atoms with Crippen molar-refractivity contribution in [1.82, 2.24) is 20.6 Å². The lowest BCUT2D eigenvalue weighted by Gasteiger charge is -2.10. The second kappa shape index (κ2) is 5.74. The fourth-order valence-electron chi connectivity index (χ4n) is 1.13. The van der Waals surface area contributed by atoms with Gasteiger partial charge in [0.05, 0.1) is 6.54 Å². The molecule has 0 saturated carbocycles. The maximum absolute atomic E-state index is 11.7. The number of hydrogen-bond acceptors (Lipinski definition) is 6. The predicted octanol–water partition coefficient (Wildman–Crippen LogP) is 0.216. The number of hydrogen-bond donors (Lipinski definition) is 2. The first kappa shape index (κ1) is 12.0. The summed E-state index contributed by atoms with van der Waals surface area (Å²) in [7, 11) is 0. The lowest BCUT2D eigenvalue weighted by Crippen LogP contribution is -2.26. The van der Waals surface area contributed by atoms with E-state index in [4.69, 9.17) is 0 Å². The van der Waals surface area contributed by atoms with Crippen molar-refractivity contribution >= 4 is 18.4 Å². The molecular weight excluding hydrogens is 208 g/mol. The van der Waals surface area contributed by atoms with E-state index < -0.39 is 6.04 Å². The standard InChI is InChI=1S/C9H14N6O/c1-6(2)4-7(10-3)8(16)5-11-9-12-14-15-13-9/h7H,1,3-5H2,2H3,(H2,11,12,13,14,15). The van der Waals surface area contributed by atoms with Crippen LogP contribution in [0.5, 0.6) is 0 Å². The lowest BCUT2D eigenvalue weighted by molar-refractivity contribution is -0.118. The van der Waals surface area contributed by atoms with Gasteiger partial charge in [-0.1, -0.05) is 10.7 Å². The highest BCUT2D eigenvalue weighted by molar-refractivity contribution is 5.88. The van der Waals surface area contributed by atoms with Gasteiger partial charge >= 0.3 is 0 Å². The van der Waals surface area contributed by atoms with Crippen molar-refractivity contribution in [3.63, 3.8) is 0 Å². The quantitative estimate of drug-likeness (QED) is 0.508. The third-order valence-electron chi connectivity index (χ3n) is 1.90. The molecule has 0 saturated heterocycles. The number of rotatable bonds is 7. The van der Waals surface area contributed by atoms with Crippen LogP contribution in [0.4, 0.5) is 5.95 Å². The number of carbonyl (C=O) groups excluding carboxylic acids is 1. The second-order valence-corrected chi connectivity index (χ2v) is 3.41. The van der Waals surface area contributed by atoms with E-state index >= 15 is 0 Å². The van der Waals surface area contributed by atoms with Gasteiger partial charge in [0, 0.05) is 0 Å². The van der Waals surface area contributed by atoms with Crippen LogP contribution >= 0.6 is 0 Å². The van der Waals surface area contributed by atoms with E-state index in [1.165, 1.54) is 0 Å². The minimum absolute atomic E-state index is 0.0807. The molecule has 0 aliphatic heterocycles. The average Bonchev–Trinajstić information content (AvgIpc) is 2.75. The monoisotopic (exact) mass is 222 g/mol. The van der Waals surface area contributed by atoms with E-state index in [0.717, 1.165) is 5.57 Å². The molecule has 7 heteroatoms. The van der Waals surface area contributed by atoms with Gasteiger partial charge in [0.2, 0.25) is 0 Å². The summed E-state index contributed by atoms with van der Waals surface area (Å²) in [6.45, 7) is 9.06. The number of carbonyl (C=O) groups is 1. The molecule has 0 radical (unpaired) electrons. The first-order chi connectivity index (χ1) is 7.63. The van der Waals surface area contributed by atoms with Crippen LogP contribution in [-0.4, -0.2) is 45.7 Å². The maximum Gasteiger partial charge on any atom is 0.263 e. The Bertz CT molecular complexity index is 371. The molecule has 1 aromatic heterocycles. The Kier molecular flexibility index (Phi) is 4.31. The highest BCUT2D eigenvalue weighted by atomic mass is 16.1. The van der Waals surface area contributed by atoms with Crippen LogP contribution in [0.1, 0.15) is 13.3 Å². The summed E-state index contributed by atoms with van der Waals surface area (Å²) in [5.74, 6) is 0.203. The number of Topliss-reactive ketones (excluding diaryl/α,β-unsaturated/α-hetero) is 1. The zero-order valence-electron chi connectivity index (χ0n) is 9.10. The normalized spacial score (nSPS) is 11.8. The molecule has 1 unspecified atom stereocenters. The van der Waals surface area contributed by atoms with Gasteiger partial charge in [0.15, 0.2) is 5.78 Å². The van der Waals surface area contributed by atoms with Crippen molar-refractivity contribution in [2.24, 2.45) is 4.99 Å². The summed E-state index contributed by atoms with van der Waals surface area (Å²) in [4.78, 5) is 15.4. The van der Waals surface area contributed by atoms with Crippen LogP contribution < -0.4 is 5.32 Å². The molecule has 0 aliphatic rings. The van der Waals surface area contributed by atoms with Crippen molar-refractivity contribution in [1.29, 1.82) is 0 Å². The largest absolute Gasteiger partial charge is 0.344 e. The number of aliphatic imine (C=N–C) groups is 1. The van der Waals surface area contributed by atoms with Gasteiger partial charge in [-0.3, -0.25) is 9.79 Å². The van der Waals surface area contributed by atoms with Crippen molar-refractivity contribution in [3.8, 4) is 0 Å². The van der Waals surface area contributed by atoms with Crippen molar-refractivity contribution in [2.45, 2.75) is 19.4 Å². The van der Waals surface area contributed by atoms with Crippen molar-refractivity contribution in [2.75, 3.05) is 11.9 Å². The molecule has 0 aliphatic carbocycles. The molecule has 7 nitrogen and oxygen atoms in total. The minimum atomic E-state index is -0.461. The second-order valence-electron chi connectivity index (χ2n) is 3.41. The third-order valence-corrected chi connectivity index (χ3v) is 1.90. The molecule has 0 amide bonds. The summed E-state index contributed by atoms with van der Waals surface area (Å²) in [6.07, 6.45) is 0.510. The van der Waals surface area contributed by atoms with Crippen molar-refractivity contribution in [3.05, 3.63) is 12.2 Å². The number of H-pyrrole nitrogens is 1. The fourth-order valence-corrected chi connectivity index (χ4v) is 1.13. The summed E-state index contributed by atoms with van der Waals surface area (Å²) in [5, 5.41) is 15.7. The van der Waals surface area contributed by atoms with Gasteiger partial charge in [0.1, 0.15) is 6.04 Å². The Balaban J connectivity index is 2.43. The number of ketones is 1. The van der Waals surface area contributed by atoms with E-state index in [-0.39, 0.29) is 18.3 Å². The predicted molar refractivity (Wildman–Crippen MR) is 60.4 cm³/mol. The number of aromatic nitrogens is 4. The van der Waals surface area contributed by atoms with Gasteiger partial charge in [-0.25, -0.2) is 0 Å². The molecule has 0 fully saturated rings. The fraction of sp³-hybridized carbons (Fsp3) is 0.444. The van der Waals surface area contributed by atoms with Gasteiger partial charge < -0.3 is 5.32 Å². The highest BCUT2D eigenvalue weighted by Gasteiger charge is 2.16. The summed E-state index contributed by atoms with van der Waals surface area (Å²) >= 11 is 0. The van der Waals surface area contributed by atoms with Gasteiger partial charge in [-0.05, 0) is 25.3 Å². The molecule has 0 spiro atoms. The van der Waals surface area contributed by atoms with Crippen molar-refractivity contribution < 1.29 is 4.79 Å². The third kappa shape index (κ3) is 3.60. The van der Waals surface area contributed by atoms with Crippen LogP contribution in [0.3, 0.4) is 0 Å². The molecule has 0 aromatic carbocycles. The van der Waals surface area contributed by atoms with Gasteiger partial charge in [0.25, 0.3) is 5.95 Å². The topological polar surface area (TPSA) is 95.9 Å². The molecular formula is C9H14N6O. The first-order valence-electron chi connectivity index (χ1n) is 4.73. The SMILES string of the molecule is C=NC(CC(=C)C)C(=O)CNc1nn[nH]n1. The van der Waals surface area contributed by atoms with Crippen LogP contribution in [0, 0.1) is 0 Å².